The summed E-state index contributed by atoms with van der Waals surface area (Å²) in [6.45, 7) is 5.30. The van der Waals surface area contributed by atoms with Crippen LogP contribution in [-0.2, 0) is 6.54 Å². The molecule has 1 aliphatic rings. The normalized spacial score (nSPS) is 20.5. The van der Waals surface area contributed by atoms with Crippen LogP contribution in [-0.4, -0.2) is 38.3 Å². The summed E-state index contributed by atoms with van der Waals surface area (Å²) in [6.07, 6.45) is 2.49. The number of likely N-dealkylation sites (tertiary alicyclic amines) is 1. The molecule has 1 aromatic carbocycles. The number of methoxy groups -OCH3 is 2. The minimum Gasteiger partial charge on any atom is -0.493 e. The van der Waals surface area contributed by atoms with Gasteiger partial charge in [0.2, 0.25) is 0 Å². The molecule has 21 heavy (non-hydrogen) atoms. The minimum atomic E-state index is 0. The Hall–Kier alpha value is -0.970. The molecule has 5 heteroatoms. The Labute approximate surface area is 134 Å². The minimum absolute atomic E-state index is 0. The van der Waals surface area contributed by atoms with Crippen molar-refractivity contribution in [3.8, 4) is 11.5 Å². The van der Waals surface area contributed by atoms with Gasteiger partial charge in [-0.15, -0.1) is 12.4 Å². The molecule has 1 fully saturated rings. The van der Waals surface area contributed by atoms with Crippen molar-refractivity contribution in [1.82, 2.24) is 4.90 Å². The Balaban J connectivity index is 0.00000220. The average molecular weight is 315 g/mol. The Morgan fingerprint density at radius 1 is 1.29 bits per heavy atom. The average Bonchev–Trinajstić information content (AvgIpc) is 2.47. The molecule has 1 aliphatic heterocycles. The molecule has 1 saturated heterocycles. The first kappa shape index (κ1) is 18.1. The van der Waals surface area contributed by atoms with Crippen LogP contribution in [0.4, 0.5) is 0 Å². The molecule has 0 spiro atoms. The number of ether oxygens (including phenoxy) is 2. The van der Waals surface area contributed by atoms with Crippen LogP contribution in [0.3, 0.4) is 0 Å². The molecule has 1 aromatic rings. The third kappa shape index (κ3) is 4.77. The van der Waals surface area contributed by atoms with Gasteiger partial charge in [-0.25, -0.2) is 0 Å². The number of halogens is 1. The third-order valence-electron chi connectivity index (χ3n) is 4.14. The molecule has 2 N–H and O–H groups in total. The van der Waals surface area contributed by atoms with Crippen molar-refractivity contribution in [1.29, 1.82) is 0 Å². The number of nitrogens with zero attached hydrogens (tertiary/aromatic N) is 1. The Bertz CT molecular complexity index is 440. The van der Waals surface area contributed by atoms with E-state index in [2.05, 4.69) is 24.0 Å². The summed E-state index contributed by atoms with van der Waals surface area (Å²) in [6, 6.07) is 6.43. The first-order valence-corrected chi connectivity index (χ1v) is 7.33. The predicted octanol–water partition coefficient (Wildman–Crippen LogP) is 2.68. The maximum absolute atomic E-state index is 6.04. The monoisotopic (exact) mass is 314 g/mol. The van der Waals surface area contributed by atoms with Crippen LogP contribution in [0.2, 0.25) is 0 Å². The molecule has 0 radical (unpaired) electrons. The molecular weight excluding hydrogens is 288 g/mol. The summed E-state index contributed by atoms with van der Waals surface area (Å²) < 4.78 is 10.6. The molecular formula is C16H27ClN2O2. The Morgan fingerprint density at radius 3 is 2.62 bits per heavy atom. The highest BCUT2D eigenvalue weighted by molar-refractivity contribution is 5.85. The van der Waals surface area contributed by atoms with Crippen LogP contribution in [0.15, 0.2) is 18.2 Å². The molecule has 0 saturated carbocycles. The van der Waals surface area contributed by atoms with Crippen molar-refractivity contribution in [2.75, 3.05) is 27.3 Å². The van der Waals surface area contributed by atoms with Gasteiger partial charge >= 0.3 is 0 Å². The smallest absolute Gasteiger partial charge is 0.161 e. The summed E-state index contributed by atoms with van der Waals surface area (Å²) in [5.41, 5.74) is 7.30. The van der Waals surface area contributed by atoms with E-state index in [4.69, 9.17) is 15.2 Å². The Morgan fingerprint density at radius 2 is 2.00 bits per heavy atom. The second-order valence-corrected chi connectivity index (χ2v) is 5.69. The van der Waals surface area contributed by atoms with E-state index in [1.807, 2.05) is 6.07 Å². The van der Waals surface area contributed by atoms with Crippen molar-refractivity contribution < 1.29 is 9.47 Å². The summed E-state index contributed by atoms with van der Waals surface area (Å²) in [5, 5.41) is 0. The molecule has 0 aromatic heterocycles. The van der Waals surface area contributed by atoms with Crippen LogP contribution in [0.5, 0.6) is 11.5 Å². The van der Waals surface area contributed by atoms with Crippen LogP contribution >= 0.6 is 12.4 Å². The van der Waals surface area contributed by atoms with Crippen molar-refractivity contribution in [2.24, 2.45) is 11.7 Å². The van der Waals surface area contributed by atoms with E-state index in [9.17, 15) is 0 Å². The summed E-state index contributed by atoms with van der Waals surface area (Å²) in [7, 11) is 3.34. The number of piperidine rings is 1. The fourth-order valence-electron chi connectivity index (χ4n) is 2.90. The number of hydrogen-bond donors (Lipinski definition) is 1. The maximum Gasteiger partial charge on any atom is 0.161 e. The quantitative estimate of drug-likeness (QED) is 0.908. The van der Waals surface area contributed by atoms with E-state index in [1.54, 1.807) is 14.2 Å². The maximum atomic E-state index is 6.04. The number of rotatable bonds is 5. The lowest BCUT2D eigenvalue weighted by Crippen LogP contribution is -2.41. The van der Waals surface area contributed by atoms with E-state index in [0.29, 0.717) is 5.92 Å². The molecule has 2 unspecified atom stereocenters. The number of hydrogen-bond acceptors (Lipinski definition) is 4. The van der Waals surface area contributed by atoms with Gasteiger partial charge in [0.05, 0.1) is 14.2 Å². The lowest BCUT2D eigenvalue weighted by molar-refractivity contribution is 0.154. The van der Waals surface area contributed by atoms with E-state index < -0.39 is 0 Å². The molecule has 120 valence electrons. The second-order valence-electron chi connectivity index (χ2n) is 5.69. The van der Waals surface area contributed by atoms with E-state index in [1.165, 1.54) is 18.4 Å². The van der Waals surface area contributed by atoms with Crippen LogP contribution in [0.25, 0.3) is 0 Å². The molecule has 2 atom stereocenters. The summed E-state index contributed by atoms with van der Waals surface area (Å²) in [5.74, 6) is 2.19. The summed E-state index contributed by atoms with van der Waals surface area (Å²) >= 11 is 0. The van der Waals surface area contributed by atoms with Gasteiger partial charge in [0.1, 0.15) is 0 Å². The van der Waals surface area contributed by atoms with Gasteiger partial charge in [-0.3, -0.25) is 4.90 Å². The van der Waals surface area contributed by atoms with Gasteiger partial charge in [0.15, 0.2) is 11.5 Å². The highest BCUT2D eigenvalue weighted by Crippen LogP contribution is 2.29. The second kappa shape index (κ2) is 8.47. The molecule has 4 nitrogen and oxygen atoms in total. The van der Waals surface area contributed by atoms with Crippen molar-refractivity contribution in [3.63, 3.8) is 0 Å². The topological polar surface area (TPSA) is 47.7 Å². The van der Waals surface area contributed by atoms with Gasteiger partial charge in [0, 0.05) is 19.1 Å². The van der Waals surface area contributed by atoms with E-state index in [0.717, 1.165) is 31.1 Å². The van der Waals surface area contributed by atoms with E-state index >= 15 is 0 Å². The first-order valence-electron chi connectivity index (χ1n) is 7.33. The van der Waals surface area contributed by atoms with Gasteiger partial charge in [-0.1, -0.05) is 6.07 Å². The predicted molar refractivity (Wildman–Crippen MR) is 88.4 cm³/mol. The zero-order valence-corrected chi connectivity index (χ0v) is 14.0. The SMILES string of the molecule is COc1ccc(CN2CCCC(C(C)N)C2)cc1OC.Cl. The summed E-state index contributed by atoms with van der Waals surface area (Å²) in [4.78, 5) is 2.48. The zero-order chi connectivity index (χ0) is 14.5. The van der Waals surface area contributed by atoms with Crippen LogP contribution in [0.1, 0.15) is 25.3 Å². The molecule has 1 heterocycles. The van der Waals surface area contributed by atoms with Gasteiger partial charge in [-0.05, 0) is 49.9 Å². The Kier molecular flexibility index (Phi) is 7.29. The van der Waals surface area contributed by atoms with Gasteiger partial charge < -0.3 is 15.2 Å². The molecule has 0 aliphatic carbocycles. The fourth-order valence-corrected chi connectivity index (χ4v) is 2.90. The standard InChI is InChI=1S/C16H26N2O2.ClH/c1-12(17)14-5-4-8-18(11-14)10-13-6-7-15(19-2)16(9-13)20-3;/h6-7,9,12,14H,4-5,8,10-11,17H2,1-3H3;1H. The van der Waals surface area contributed by atoms with Crippen LogP contribution in [0, 0.1) is 5.92 Å². The van der Waals surface area contributed by atoms with E-state index in [-0.39, 0.29) is 18.4 Å². The highest BCUT2D eigenvalue weighted by atomic mass is 35.5. The number of benzene rings is 1. The van der Waals surface area contributed by atoms with Crippen LogP contribution < -0.4 is 15.2 Å². The molecule has 0 amide bonds. The largest absolute Gasteiger partial charge is 0.493 e. The fraction of sp³-hybridized carbons (Fsp3) is 0.625. The highest BCUT2D eigenvalue weighted by Gasteiger charge is 2.22. The first-order chi connectivity index (χ1) is 9.63. The van der Waals surface area contributed by atoms with Crippen molar-refractivity contribution in [2.45, 2.75) is 32.4 Å². The van der Waals surface area contributed by atoms with Gasteiger partial charge in [0.25, 0.3) is 0 Å². The molecule has 0 bridgehead atoms. The molecule has 2 rings (SSSR count). The van der Waals surface area contributed by atoms with Gasteiger partial charge in [-0.2, -0.15) is 0 Å². The lowest BCUT2D eigenvalue weighted by Gasteiger charge is -2.34. The number of nitrogens with two attached hydrogens (primary N) is 1. The van der Waals surface area contributed by atoms with Crippen molar-refractivity contribution in [3.05, 3.63) is 23.8 Å². The zero-order valence-electron chi connectivity index (χ0n) is 13.2. The third-order valence-corrected chi connectivity index (χ3v) is 4.14. The lowest BCUT2D eigenvalue weighted by atomic mass is 9.92. The van der Waals surface area contributed by atoms with Crippen molar-refractivity contribution >= 4 is 12.4 Å².